The lowest BCUT2D eigenvalue weighted by Crippen LogP contribution is -2.28. The summed E-state index contributed by atoms with van der Waals surface area (Å²) < 4.78 is 13.7. The zero-order chi connectivity index (χ0) is 14.5. The smallest absolute Gasteiger partial charge is 0.278 e. The number of carbonyl (C=O) groups excluding carboxylic acids is 1. The summed E-state index contributed by atoms with van der Waals surface area (Å²) in [5.41, 5.74) is 0.363. The van der Waals surface area contributed by atoms with Crippen molar-refractivity contribution in [3.63, 3.8) is 0 Å². The number of anilines is 2. The molecule has 0 bridgehead atoms. The maximum absolute atomic E-state index is 13.7. The summed E-state index contributed by atoms with van der Waals surface area (Å²) in [7, 11) is 1.50. The van der Waals surface area contributed by atoms with Gasteiger partial charge in [-0.3, -0.25) is 9.78 Å². The fourth-order valence-corrected chi connectivity index (χ4v) is 1.74. The van der Waals surface area contributed by atoms with E-state index in [1.54, 1.807) is 12.1 Å². The Morgan fingerprint density at radius 3 is 2.80 bits per heavy atom. The minimum absolute atomic E-state index is 0.161. The van der Waals surface area contributed by atoms with Gasteiger partial charge in [-0.25, -0.2) is 9.37 Å². The monoisotopic (exact) mass is 274 g/mol. The number of para-hydroxylation sites is 1. The second kappa shape index (κ2) is 6.10. The van der Waals surface area contributed by atoms with Gasteiger partial charge in [0.1, 0.15) is 17.3 Å². The number of benzene rings is 1. The average Bonchev–Trinajstić information content (AvgIpc) is 2.47. The molecule has 5 nitrogen and oxygen atoms in total. The van der Waals surface area contributed by atoms with Crippen LogP contribution in [0.1, 0.15) is 17.4 Å². The number of hydrogen-bond acceptors (Lipinski definition) is 4. The Kier molecular flexibility index (Phi) is 4.24. The van der Waals surface area contributed by atoms with Crippen LogP contribution in [0.15, 0.2) is 36.7 Å². The topological polar surface area (TPSA) is 58.1 Å². The molecule has 0 atom stereocenters. The molecular formula is C14H15FN4O. The van der Waals surface area contributed by atoms with Crippen LogP contribution in [0.2, 0.25) is 0 Å². The van der Waals surface area contributed by atoms with Gasteiger partial charge in [-0.1, -0.05) is 12.1 Å². The molecule has 1 N–H and O–H groups in total. The van der Waals surface area contributed by atoms with Gasteiger partial charge in [-0.2, -0.15) is 0 Å². The van der Waals surface area contributed by atoms with Crippen molar-refractivity contribution in [2.45, 2.75) is 6.92 Å². The molecule has 2 rings (SSSR count). The fourth-order valence-electron chi connectivity index (χ4n) is 1.74. The van der Waals surface area contributed by atoms with E-state index in [9.17, 15) is 9.18 Å². The van der Waals surface area contributed by atoms with E-state index in [1.807, 2.05) is 6.92 Å². The quantitative estimate of drug-likeness (QED) is 0.929. The Morgan fingerprint density at radius 1 is 1.35 bits per heavy atom. The number of rotatable bonds is 4. The second-order valence-corrected chi connectivity index (χ2v) is 4.14. The fraction of sp³-hybridized carbons (Fsp3) is 0.214. The highest BCUT2D eigenvalue weighted by molar-refractivity contribution is 6.04. The molecule has 1 amide bonds. The molecule has 104 valence electrons. The summed E-state index contributed by atoms with van der Waals surface area (Å²) in [4.78, 5) is 21.6. The highest BCUT2D eigenvalue weighted by atomic mass is 19.1. The van der Waals surface area contributed by atoms with Crippen LogP contribution in [0.25, 0.3) is 0 Å². The van der Waals surface area contributed by atoms with E-state index in [-0.39, 0.29) is 11.4 Å². The molecule has 0 aliphatic heterocycles. The Balaban J connectivity index is 2.27. The molecule has 0 radical (unpaired) electrons. The lowest BCUT2D eigenvalue weighted by molar-refractivity contribution is 0.0987. The molecule has 0 saturated carbocycles. The number of nitrogens with zero attached hydrogens (tertiary/aromatic N) is 3. The molecule has 20 heavy (non-hydrogen) atoms. The van der Waals surface area contributed by atoms with Gasteiger partial charge in [0, 0.05) is 13.6 Å². The van der Waals surface area contributed by atoms with Crippen molar-refractivity contribution >= 4 is 17.4 Å². The Bertz CT molecular complexity index is 618. The van der Waals surface area contributed by atoms with Gasteiger partial charge >= 0.3 is 0 Å². The van der Waals surface area contributed by atoms with Crippen molar-refractivity contribution in [3.05, 3.63) is 48.2 Å². The van der Waals surface area contributed by atoms with Crippen molar-refractivity contribution in [1.82, 2.24) is 9.97 Å². The first-order valence-corrected chi connectivity index (χ1v) is 6.22. The minimum Gasteiger partial charge on any atom is -0.369 e. The highest BCUT2D eigenvalue weighted by Gasteiger charge is 2.18. The van der Waals surface area contributed by atoms with Crippen LogP contribution in [-0.2, 0) is 0 Å². The summed E-state index contributed by atoms with van der Waals surface area (Å²) in [6.07, 6.45) is 2.89. The normalized spacial score (nSPS) is 10.2. The van der Waals surface area contributed by atoms with Crippen molar-refractivity contribution in [1.29, 1.82) is 0 Å². The first-order chi connectivity index (χ1) is 9.63. The van der Waals surface area contributed by atoms with E-state index in [2.05, 4.69) is 15.3 Å². The SMILES string of the molecule is CCNc1cncc(C(=O)N(C)c2ccccc2F)n1. The lowest BCUT2D eigenvalue weighted by atomic mass is 10.2. The van der Waals surface area contributed by atoms with Crippen molar-refractivity contribution in [3.8, 4) is 0 Å². The van der Waals surface area contributed by atoms with E-state index >= 15 is 0 Å². The lowest BCUT2D eigenvalue weighted by Gasteiger charge is -2.17. The predicted octanol–water partition coefficient (Wildman–Crippen LogP) is 2.32. The maximum atomic E-state index is 13.7. The van der Waals surface area contributed by atoms with Crippen molar-refractivity contribution in [2.24, 2.45) is 0 Å². The van der Waals surface area contributed by atoms with Crippen LogP contribution in [0.5, 0.6) is 0 Å². The zero-order valence-electron chi connectivity index (χ0n) is 11.3. The van der Waals surface area contributed by atoms with Crippen molar-refractivity contribution in [2.75, 3.05) is 23.8 Å². The number of amides is 1. The molecule has 6 heteroatoms. The summed E-state index contributed by atoms with van der Waals surface area (Å²) in [5, 5.41) is 2.97. The summed E-state index contributed by atoms with van der Waals surface area (Å²) in [6, 6.07) is 6.08. The predicted molar refractivity (Wildman–Crippen MR) is 75.3 cm³/mol. The van der Waals surface area contributed by atoms with Gasteiger partial charge < -0.3 is 10.2 Å². The molecule has 0 aliphatic rings. The van der Waals surface area contributed by atoms with Gasteiger partial charge in [0.2, 0.25) is 0 Å². The summed E-state index contributed by atoms with van der Waals surface area (Å²) in [6.45, 7) is 2.59. The molecule has 0 fully saturated rings. The third kappa shape index (κ3) is 2.90. The van der Waals surface area contributed by atoms with E-state index in [4.69, 9.17) is 0 Å². The van der Waals surface area contributed by atoms with Gasteiger partial charge in [0.05, 0.1) is 18.1 Å². The zero-order valence-corrected chi connectivity index (χ0v) is 11.3. The van der Waals surface area contributed by atoms with Crippen LogP contribution < -0.4 is 10.2 Å². The molecule has 0 unspecified atom stereocenters. The van der Waals surface area contributed by atoms with E-state index in [0.29, 0.717) is 12.4 Å². The number of carbonyl (C=O) groups is 1. The largest absolute Gasteiger partial charge is 0.369 e. The minimum atomic E-state index is -0.459. The van der Waals surface area contributed by atoms with E-state index < -0.39 is 11.7 Å². The molecule has 1 heterocycles. The Hall–Kier alpha value is -2.50. The first-order valence-electron chi connectivity index (χ1n) is 6.22. The Labute approximate surface area is 116 Å². The number of aromatic nitrogens is 2. The standard InChI is InChI=1S/C14H15FN4O/c1-3-17-13-9-16-8-11(18-13)14(20)19(2)12-7-5-4-6-10(12)15/h4-9H,3H2,1-2H3,(H,17,18). The summed E-state index contributed by atoms with van der Waals surface area (Å²) in [5.74, 6) is -0.359. The Morgan fingerprint density at radius 2 is 2.10 bits per heavy atom. The van der Waals surface area contributed by atoms with Crippen LogP contribution in [-0.4, -0.2) is 29.5 Å². The van der Waals surface area contributed by atoms with Crippen LogP contribution in [0.4, 0.5) is 15.9 Å². The van der Waals surface area contributed by atoms with Crippen LogP contribution in [0, 0.1) is 5.82 Å². The highest BCUT2D eigenvalue weighted by Crippen LogP contribution is 2.18. The van der Waals surface area contributed by atoms with E-state index in [0.717, 1.165) is 0 Å². The molecule has 1 aromatic carbocycles. The van der Waals surface area contributed by atoms with Gasteiger partial charge in [0.25, 0.3) is 5.91 Å². The van der Waals surface area contributed by atoms with Gasteiger partial charge in [-0.05, 0) is 19.1 Å². The number of nitrogens with one attached hydrogen (secondary N) is 1. The van der Waals surface area contributed by atoms with Gasteiger partial charge in [-0.15, -0.1) is 0 Å². The number of halogens is 1. The molecule has 0 spiro atoms. The third-order valence-corrected chi connectivity index (χ3v) is 2.73. The van der Waals surface area contributed by atoms with Crippen molar-refractivity contribution < 1.29 is 9.18 Å². The first kappa shape index (κ1) is 13.9. The molecule has 0 saturated heterocycles. The number of hydrogen-bond donors (Lipinski definition) is 1. The van der Waals surface area contributed by atoms with E-state index in [1.165, 1.54) is 36.5 Å². The van der Waals surface area contributed by atoms with Gasteiger partial charge in [0.15, 0.2) is 0 Å². The molecule has 2 aromatic rings. The molecule has 0 aliphatic carbocycles. The molecular weight excluding hydrogens is 259 g/mol. The summed E-state index contributed by atoms with van der Waals surface area (Å²) >= 11 is 0. The van der Waals surface area contributed by atoms with Crippen LogP contribution in [0.3, 0.4) is 0 Å². The average molecular weight is 274 g/mol. The molecule has 1 aromatic heterocycles. The van der Waals surface area contributed by atoms with Crippen LogP contribution >= 0.6 is 0 Å². The second-order valence-electron chi connectivity index (χ2n) is 4.14. The third-order valence-electron chi connectivity index (χ3n) is 2.73. The maximum Gasteiger partial charge on any atom is 0.278 e.